The molecule has 0 heterocycles. The number of allylic oxidation sites excluding steroid dienone is 1. The van der Waals surface area contributed by atoms with Gasteiger partial charge in [-0.1, -0.05) is 43.7 Å². The van der Waals surface area contributed by atoms with Crippen molar-refractivity contribution in [1.82, 2.24) is 5.32 Å². The van der Waals surface area contributed by atoms with Gasteiger partial charge in [-0.05, 0) is 43.9 Å². The molecule has 0 aliphatic heterocycles. The molecule has 0 bridgehead atoms. The van der Waals surface area contributed by atoms with Gasteiger partial charge in [0.2, 0.25) is 0 Å². The average molecular weight is 231 g/mol. The lowest BCUT2D eigenvalue weighted by atomic mass is 9.96. The summed E-state index contributed by atoms with van der Waals surface area (Å²) in [6, 6.07) is 9.41. The molecule has 94 valence electrons. The van der Waals surface area contributed by atoms with E-state index in [0.29, 0.717) is 12.0 Å². The molecule has 0 saturated heterocycles. The van der Waals surface area contributed by atoms with E-state index in [0.717, 1.165) is 12.8 Å². The summed E-state index contributed by atoms with van der Waals surface area (Å²) in [6.45, 7) is 10.5. The molecule has 1 nitrogen and oxygen atoms in total. The first kappa shape index (κ1) is 14.0. The minimum absolute atomic E-state index is 0.438. The van der Waals surface area contributed by atoms with Crippen LogP contribution in [0.3, 0.4) is 0 Å². The van der Waals surface area contributed by atoms with Crippen molar-refractivity contribution in [2.75, 3.05) is 7.05 Å². The fraction of sp³-hybridized carbons (Fsp3) is 0.500. The van der Waals surface area contributed by atoms with Crippen molar-refractivity contribution in [3.05, 3.63) is 47.5 Å². The van der Waals surface area contributed by atoms with Gasteiger partial charge in [0.25, 0.3) is 0 Å². The zero-order valence-corrected chi connectivity index (χ0v) is 11.6. The van der Waals surface area contributed by atoms with Crippen molar-refractivity contribution >= 4 is 0 Å². The van der Waals surface area contributed by atoms with Gasteiger partial charge in [0.15, 0.2) is 0 Å². The van der Waals surface area contributed by atoms with Crippen LogP contribution in [-0.2, 0) is 0 Å². The highest BCUT2D eigenvalue weighted by molar-refractivity contribution is 5.27. The Morgan fingerprint density at radius 2 is 1.71 bits per heavy atom. The molecule has 0 aliphatic carbocycles. The number of rotatable bonds is 6. The molecule has 0 fully saturated rings. The number of hydrogen-bond acceptors (Lipinski definition) is 1. The molecule has 1 aromatic rings. The predicted octanol–water partition coefficient (Wildman–Crippen LogP) is 4.43. The molecular formula is C16H25N. The topological polar surface area (TPSA) is 12.0 Å². The maximum Gasteiger partial charge on any atom is 0.0320 e. The molecule has 1 rings (SSSR count). The van der Waals surface area contributed by atoms with E-state index >= 15 is 0 Å². The van der Waals surface area contributed by atoms with E-state index in [1.807, 2.05) is 7.05 Å². The molecule has 0 aromatic heterocycles. The largest absolute Gasteiger partial charge is 0.313 e. The van der Waals surface area contributed by atoms with Crippen LogP contribution < -0.4 is 5.32 Å². The van der Waals surface area contributed by atoms with Gasteiger partial charge in [-0.25, -0.2) is 0 Å². The van der Waals surface area contributed by atoms with Crippen LogP contribution in [0.15, 0.2) is 36.4 Å². The SMILES string of the molecule is C=C(C)CCC(NC)c1ccc(C(C)C)cc1. The fourth-order valence-corrected chi connectivity index (χ4v) is 1.98. The number of nitrogens with one attached hydrogen (secondary N) is 1. The smallest absolute Gasteiger partial charge is 0.0320 e. The Bertz CT molecular complexity index is 348. The molecule has 1 atom stereocenters. The Hall–Kier alpha value is -1.08. The van der Waals surface area contributed by atoms with Crippen molar-refractivity contribution in [3.63, 3.8) is 0 Å². The molecule has 1 unspecified atom stereocenters. The van der Waals surface area contributed by atoms with Crippen LogP contribution in [0.4, 0.5) is 0 Å². The van der Waals surface area contributed by atoms with Crippen molar-refractivity contribution in [2.45, 2.75) is 45.6 Å². The van der Waals surface area contributed by atoms with Crippen molar-refractivity contribution < 1.29 is 0 Å². The maximum atomic E-state index is 3.96. The highest BCUT2D eigenvalue weighted by Gasteiger charge is 2.09. The van der Waals surface area contributed by atoms with E-state index in [1.54, 1.807) is 0 Å². The quantitative estimate of drug-likeness (QED) is 0.714. The van der Waals surface area contributed by atoms with Crippen LogP contribution >= 0.6 is 0 Å². The van der Waals surface area contributed by atoms with Crippen LogP contribution in [0.2, 0.25) is 0 Å². The average Bonchev–Trinajstić information content (AvgIpc) is 2.30. The molecule has 1 aromatic carbocycles. The fourth-order valence-electron chi connectivity index (χ4n) is 1.98. The Kier molecular flexibility index (Phi) is 5.43. The second kappa shape index (κ2) is 6.61. The van der Waals surface area contributed by atoms with Gasteiger partial charge in [0.05, 0.1) is 0 Å². The van der Waals surface area contributed by atoms with Gasteiger partial charge in [-0.3, -0.25) is 0 Å². The minimum atomic E-state index is 0.438. The van der Waals surface area contributed by atoms with E-state index in [4.69, 9.17) is 0 Å². The zero-order chi connectivity index (χ0) is 12.8. The molecule has 1 N–H and O–H groups in total. The summed E-state index contributed by atoms with van der Waals surface area (Å²) < 4.78 is 0. The highest BCUT2D eigenvalue weighted by atomic mass is 14.9. The highest BCUT2D eigenvalue weighted by Crippen LogP contribution is 2.22. The van der Waals surface area contributed by atoms with Crippen LogP contribution in [0, 0.1) is 0 Å². The summed E-state index contributed by atoms with van der Waals surface area (Å²) in [5.74, 6) is 0.604. The summed E-state index contributed by atoms with van der Waals surface area (Å²) in [5, 5.41) is 3.38. The molecule has 17 heavy (non-hydrogen) atoms. The maximum absolute atomic E-state index is 3.96. The molecule has 0 aliphatic rings. The predicted molar refractivity (Wildman–Crippen MR) is 76.4 cm³/mol. The number of benzene rings is 1. The first-order chi connectivity index (χ1) is 8.04. The lowest BCUT2D eigenvalue weighted by Crippen LogP contribution is -2.16. The molecule has 0 radical (unpaired) electrons. The van der Waals surface area contributed by atoms with E-state index < -0.39 is 0 Å². The first-order valence-electron chi connectivity index (χ1n) is 6.46. The van der Waals surface area contributed by atoms with E-state index in [1.165, 1.54) is 16.7 Å². The molecular weight excluding hydrogens is 206 g/mol. The normalized spacial score (nSPS) is 12.8. The van der Waals surface area contributed by atoms with E-state index in [2.05, 4.69) is 56.9 Å². The van der Waals surface area contributed by atoms with Gasteiger partial charge < -0.3 is 5.32 Å². The summed E-state index contributed by atoms with van der Waals surface area (Å²) in [4.78, 5) is 0. The van der Waals surface area contributed by atoms with E-state index in [9.17, 15) is 0 Å². The Labute approximate surface area is 106 Å². The third-order valence-electron chi connectivity index (χ3n) is 3.21. The Morgan fingerprint density at radius 1 is 1.18 bits per heavy atom. The molecule has 0 saturated carbocycles. The molecule has 0 spiro atoms. The monoisotopic (exact) mass is 231 g/mol. The zero-order valence-electron chi connectivity index (χ0n) is 11.6. The summed E-state index contributed by atoms with van der Waals surface area (Å²) >= 11 is 0. The van der Waals surface area contributed by atoms with Crippen molar-refractivity contribution in [2.24, 2.45) is 0 Å². The lowest BCUT2D eigenvalue weighted by Gasteiger charge is -2.17. The third kappa shape index (κ3) is 4.35. The minimum Gasteiger partial charge on any atom is -0.313 e. The lowest BCUT2D eigenvalue weighted by molar-refractivity contribution is 0.548. The summed E-state index contributed by atoms with van der Waals surface area (Å²) in [6.07, 6.45) is 2.20. The van der Waals surface area contributed by atoms with Crippen molar-refractivity contribution in [1.29, 1.82) is 0 Å². The summed E-state index contributed by atoms with van der Waals surface area (Å²) in [5.41, 5.74) is 4.03. The van der Waals surface area contributed by atoms with E-state index in [-0.39, 0.29) is 0 Å². The van der Waals surface area contributed by atoms with Crippen molar-refractivity contribution in [3.8, 4) is 0 Å². The van der Waals surface area contributed by atoms with Gasteiger partial charge in [0, 0.05) is 6.04 Å². The van der Waals surface area contributed by atoms with Gasteiger partial charge in [-0.2, -0.15) is 0 Å². The van der Waals surface area contributed by atoms with Gasteiger partial charge in [-0.15, -0.1) is 6.58 Å². The third-order valence-corrected chi connectivity index (χ3v) is 3.21. The Balaban J connectivity index is 2.71. The molecule has 0 amide bonds. The molecule has 1 heteroatoms. The van der Waals surface area contributed by atoms with Gasteiger partial charge >= 0.3 is 0 Å². The number of hydrogen-bond donors (Lipinski definition) is 1. The first-order valence-corrected chi connectivity index (χ1v) is 6.46. The summed E-state index contributed by atoms with van der Waals surface area (Å²) in [7, 11) is 2.03. The van der Waals surface area contributed by atoms with Crippen LogP contribution in [0.25, 0.3) is 0 Å². The second-order valence-electron chi connectivity index (χ2n) is 5.16. The Morgan fingerprint density at radius 3 is 2.12 bits per heavy atom. The van der Waals surface area contributed by atoms with Crippen LogP contribution in [0.1, 0.15) is 56.7 Å². The van der Waals surface area contributed by atoms with Crippen LogP contribution in [-0.4, -0.2) is 7.05 Å². The van der Waals surface area contributed by atoms with Crippen LogP contribution in [0.5, 0.6) is 0 Å². The standard InChI is InChI=1S/C16H25N/c1-12(2)6-11-16(17-5)15-9-7-14(8-10-15)13(3)4/h7-10,13,16-17H,1,6,11H2,2-5H3. The van der Waals surface area contributed by atoms with Gasteiger partial charge in [0.1, 0.15) is 0 Å². The second-order valence-corrected chi connectivity index (χ2v) is 5.16.